The van der Waals surface area contributed by atoms with E-state index >= 15 is 0 Å². The lowest BCUT2D eigenvalue weighted by Gasteiger charge is -2.40. The number of rotatable bonds is 4. The van der Waals surface area contributed by atoms with Gasteiger partial charge in [-0.25, -0.2) is 0 Å². The Morgan fingerprint density at radius 2 is 1.72 bits per heavy atom. The van der Waals surface area contributed by atoms with Crippen LogP contribution in [0.2, 0.25) is 0 Å². The number of carbonyl (C=O) groups excluding carboxylic acids is 1. The third-order valence-corrected chi connectivity index (χ3v) is 6.55. The van der Waals surface area contributed by atoms with Gasteiger partial charge in [0.2, 0.25) is 0 Å². The number of nitrogens with one attached hydrogen (secondary N) is 1. The van der Waals surface area contributed by atoms with Gasteiger partial charge in [0.15, 0.2) is 5.60 Å². The average Bonchev–Trinajstić information content (AvgIpc) is 3.12. The van der Waals surface area contributed by atoms with E-state index < -0.39 is 5.60 Å². The van der Waals surface area contributed by atoms with Crippen molar-refractivity contribution in [3.05, 3.63) is 35.9 Å². The van der Waals surface area contributed by atoms with E-state index in [1.165, 1.54) is 6.42 Å². The number of nitrogens with zero attached hydrogens (tertiary/aromatic N) is 1. The number of likely N-dealkylation sites (N-methyl/N-ethyl adjacent to an activating group) is 1. The Labute approximate surface area is 156 Å². The summed E-state index contributed by atoms with van der Waals surface area (Å²) >= 11 is 0. The molecule has 138 valence electrons. The van der Waals surface area contributed by atoms with E-state index in [1.807, 2.05) is 42.3 Å². The number of fused-ring (bicyclic) bond motifs is 1. The SMILES string of the molecule is CN(C(=O)C(O)(c1ccccc1)C1CCCCC1)C1C2CNC[C@@H]21.Cl. The average molecular weight is 365 g/mol. The molecule has 1 aromatic rings. The Balaban J connectivity index is 0.00000182. The molecule has 0 spiro atoms. The standard InChI is InChI=1S/C20H28N2O2.ClH/c1-22(18-16-12-21-13-17(16)18)19(23)20(24,14-8-4-2-5-9-14)15-10-6-3-7-11-15;/h2,4-5,8-9,15-18,21,24H,3,6-7,10-13H2,1H3;1H/t16-,17?,18?,20?;/m0./s1. The van der Waals surface area contributed by atoms with Gasteiger partial charge in [-0.05, 0) is 30.2 Å². The monoisotopic (exact) mass is 364 g/mol. The van der Waals surface area contributed by atoms with Crippen molar-refractivity contribution in [3.63, 3.8) is 0 Å². The summed E-state index contributed by atoms with van der Waals surface area (Å²) < 4.78 is 0. The maximum Gasteiger partial charge on any atom is 0.259 e. The first-order valence-electron chi connectivity index (χ1n) is 9.40. The maximum atomic E-state index is 13.4. The Hall–Kier alpha value is -1.10. The second-order valence-corrected chi connectivity index (χ2v) is 7.86. The summed E-state index contributed by atoms with van der Waals surface area (Å²) in [5.74, 6) is 1.08. The first kappa shape index (κ1) is 18.7. The van der Waals surface area contributed by atoms with E-state index in [0.29, 0.717) is 17.9 Å². The Kier molecular flexibility index (Phi) is 5.42. The molecule has 1 saturated heterocycles. The van der Waals surface area contributed by atoms with Crippen molar-refractivity contribution in [2.24, 2.45) is 17.8 Å². The quantitative estimate of drug-likeness (QED) is 0.863. The molecule has 0 aromatic heterocycles. The van der Waals surface area contributed by atoms with Crippen LogP contribution < -0.4 is 5.32 Å². The first-order chi connectivity index (χ1) is 11.6. The lowest BCUT2D eigenvalue weighted by Crippen LogP contribution is -2.52. The highest BCUT2D eigenvalue weighted by Gasteiger charge is 2.59. The van der Waals surface area contributed by atoms with Crippen LogP contribution in [0.25, 0.3) is 0 Å². The number of benzene rings is 1. The zero-order chi connectivity index (χ0) is 16.7. The molecule has 2 saturated carbocycles. The summed E-state index contributed by atoms with van der Waals surface area (Å²) in [4.78, 5) is 15.3. The highest BCUT2D eigenvalue weighted by atomic mass is 35.5. The summed E-state index contributed by atoms with van der Waals surface area (Å²) in [7, 11) is 1.89. The second-order valence-electron chi connectivity index (χ2n) is 7.86. The van der Waals surface area contributed by atoms with Crippen molar-refractivity contribution in [3.8, 4) is 0 Å². The van der Waals surface area contributed by atoms with Crippen LogP contribution in [-0.2, 0) is 10.4 Å². The van der Waals surface area contributed by atoms with E-state index in [0.717, 1.165) is 44.3 Å². The van der Waals surface area contributed by atoms with Gasteiger partial charge in [0, 0.05) is 32.1 Å². The highest BCUT2D eigenvalue weighted by Crippen LogP contribution is 2.48. The maximum absolute atomic E-state index is 13.4. The number of aliphatic hydroxyl groups is 1. The van der Waals surface area contributed by atoms with Crippen molar-refractivity contribution in [2.75, 3.05) is 20.1 Å². The van der Waals surface area contributed by atoms with Gasteiger partial charge in [0.1, 0.15) is 0 Å². The minimum Gasteiger partial charge on any atom is -0.375 e. The van der Waals surface area contributed by atoms with E-state index in [1.54, 1.807) is 0 Å². The van der Waals surface area contributed by atoms with Crippen molar-refractivity contribution in [1.29, 1.82) is 0 Å². The molecule has 3 aliphatic rings. The van der Waals surface area contributed by atoms with Gasteiger partial charge < -0.3 is 15.3 Å². The smallest absolute Gasteiger partial charge is 0.259 e. The first-order valence-corrected chi connectivity index (χ1v) is 9.40. The van der Waals surface area contributed by atoms with Gasteiger partial charge in [-0.15, -0.1) is 12.4 Å². The summed E-state index contributed by atoms with van der Waals surface area (Å²) in [6, 6.07) is 9.91. The summed E-state index contributed by atoms with van der Waals surface area (Å²) in [5.41, 5.74) is -0.613. The molecule has 1 heterocycles. The van der Waals surface area contributed by atoms with Crippen LogP contribution in [0.5, 0.6) is 0 Å². The molecular weight excluding hydrogens is 336 g/mol. The fourth-order valence-electron chi connectivity index (χ4n) is 5.11. The van der Waals surface area contributed by atoms with Crippen molar-refractivity contribution in [1.82, 2.24) is 10.2 Å². The van der Waals surface area contributed by atoms with Gasteiger partial charge in [-0.2, -0.15) is 0 Å². The van der Waals surface area contributed by atoms with Crippen LogP contribution in [0.15, 0.2) is 30.3 Å². The number of carbonyl (C=O) groups is 1. The molecule has 3 fully saturated rings. The normalized spacial score (nSPS) is 30.7. The number of piperidine rings is 1. The van der Waals surface area contributed by atoms with Crippen LogP contribution >= 0.6 is 12.4 Å². The van der Waals surface area contributed by atoms with E-state index in [2.05, 4.69) is 5.32 Å². The summed E-state index contributed by atoms with van der Waals surface area (Å²) in [6.07, 6.45) is 5.29. The van der Waals surface area contributed by atoms with Crippen molar-refractivity contribution in [2.45, 2.75) is 43.7 Å². The fraction of sp³-hybridized carbons (Fsp3) is 0.650. The molecule has 25 heavy (non-hydrogen) atoms. The Bertz CT molecular complexity index is 595. The van der Waals surface area contributed by atoms with Crippen LogP contribution in [0.3, 0.4) is 0 Å². The predicted octanol–water partition coefficient (Wildman–Crippen LogP) is 2.55. The molecule has 2 N–H and O–H groups in total. The predicted molar refractivity (Wildman–Crippen MR) is 101 cm³/mol. The molecule has 1 aliphatic heterocycles. The number of hydrogen-bond acceptors (Lipinski definition) is 3. The molecule has 0 bridgehead atoms. The molecule has 3 unspecified atom stereocenters. The molecular formula is C20H29ClN2O2. The Morgan fingerprint density at radius 1 is 1.12 bits per heavy atom. The zero-order valence-corrected chi connectivity index (χ0v) is 15.7. The summed E-state index contributed by atoms with van der Waals surface area (Å²) in [6.45, 7) is 2.00. The minimum atomic E-state index is -1.37. The van der Waals surface area contributed by atoms with E-state index in [4.69, 9.17) is 0 Å². The molecule has 1 amide bonds. The van der Waals surface area contributed by atoms with Crippen LogP contribution in [0, 0.1) is 17.8 Å². The third-order valence-electron chi connectivity index (χ3n) is 6.55. The summed E-state index contributed by atoms with van der Waals surface area (Å²) in [5, 5.41) is 15.1. The molecule has 2 aliphatic carbocycles. The molecule has 5 heteroatoms. The molecule has 1 aromatic carbocycles. The highest BCUT2D eigenvalue weighted by molar-refractivity contribution is 5.87. The molecule has 4 rings (SSSR count). The second kappa shape index (κ2) is 7.26. The van der Waals surface area contributed by atoms with Crippen molar-refractivity contribution < 1.29 is 9.90 Å². The topological polar surface area (TPSA) is 52.6 Å². The van der Waals surface area contributed by atoms with Crippen LogP contribution in [-0.4, -0.2) is 42.1 Å². The Morgan fingerprint density at radius 3 is 2.32 bits per heavy atom. The zero-order valence-electron chi connectivity index (χ0n) is 14.9. The van der Waals surface area contributed by atoms with Crippen LogP contribution in [0.1, 0.15) is 37.7 Å². The molecule has 4 nitrogen and oxygen atoms in total. The van der Waals surface area contributed by atoms with E-state index in [-0.39, 0.29) is 24.2 Å². The number of halogens is 1. The van der Waals surface area contributed by atoms with Gasteiger partial charge in [0.05, 0.1) is 0 Å². The third kappa shape index (κ3) is 3.09. The number of amides is 1. The lowest BCUT2D eigenvalue weighted by molar-refractivity contribution is -0.160. The molecule has 4 atom stereocenters. The van der Waals surface area contributed by atoms with Crippen LogP contribution in [0.4, 0.5) is 0 Å². The van der Waals surface area contributed by atoms with Gasteiger partial charge >= 0.3 is 0 Å². The molecule has 0 radical (unpaired) electrons. The van der Waals surface area contributed by atoms with Gasteiger partial charge in [-0.3, -0.25) is 4.79 Å². The van der Waals surface area contributed by atoms with Gasteiger partial charge in [0.25, 0.3) is 5.91 Å². The largest absolute Gasteiger partial charge is 0.375 e. The fourth-order valence-corrected chi connectivity index (χ4v) is 5.11. The number of hydrogen-bond donors (Lipinski definition) is 2. The van der Waals surface area contributed by atoms with E-state index in [9.17, 15) is 9.90 Å². The van der Waals surface area contributed by atoms with Crippen molar-refractivity contribution >= 4 is 18.3 Å². The van der Waals surface area contributed by atoms with Gasteiger partial charge in [-0.1, -0.05) is 49.6 Å². The minimum absolute atomic E-state index is 0. The lowest BCUT2D eigenvalue weighted by atomic mass is 9.72.